The molecule has 1 fully saturated rings. The Morgan fingerprint density at radius 2 is 1.92 bits per heavy atom. The van der Waals surface area contributed by atoms with Gasteiger partial charge in [-0.1, -0.05) is 30.2 Å². The highest BCUT2D eigenvalue weighted by Crippen LogP contribution is 2.24. The molecule has 0 bridgehead atoms. The van der Waals surface area contributed by atoms with Crippen LogP contribution in [0.1, 0.15) is 30.9 Å². The molecule has 9 heteroatoms. The molecule has 1 atom stereocenters. The van der Waals surface area contributed by atoms with Crippen LogP contribution in [0.15, 0.2) is 46.0 Å². The fourth-order valence-corrected chi connectivity index (χ4v) is 4.93. The predicted octanol–water partition coefficient (Wildman–Crippen LogP) is 1.92. The molecule has 1 aliphatic heterocycles. The molecule has 4 aromatic rings. The summed E-state index contributed by atoms with van der Waals surface area (Å²) in [7, 11) is 1.61. The predicted molar refractivity (Wildman–Crippen MR) is 140 cm³/mol. The number of hydrogen-bond acceptors (Lipinski definition) is 6. The second-order valence-corrected chi connectivity index (χ2v) is 9.15. The minimum absolute atomic E-state index is 0.0158. The number of imidazole rings is 1. The number of piperidine rings is 1. The van der Waals surface area contributed by atoms with E-state index < -0.39 is 11.2 Å². The molecular formula is C27H27N7O2. The number of nitrogens with zero attached hydrogens (tertiary/aromatic N) is 6. The van der Waals surface area contributed by atoms with Gasteiger partial charge in [-0.05, 0) is 48.2 Å². The number of benzene rings is 2. The van der Waals surface area contributed by atoms with Crippen LogP contribution in [-0.2, 0) is 20.1 Å². The van der Waals surface area contributed by atoms with E-state index in [9.17, 15) is 14.9 Å². The van der Waals surface area contributed by atoms with E-state index in [0.29, 0.717) is 34.8 Å². The fraction of sp³-hybridized carbons (Fsp3) is 0.333. The van der Waals surface area contributed by atoms with Gasteiger partial charge in [0.15, 0.2) is 11.2 Å². The van der Waals surface area contributed by atoms with Crippen LogP contribution in [0, 0.1) is 23.2 Å². The number of fused-ring (bicyclic) bond motifs is 2. The SMILES string of the molecule is CC#CCn1c(N2CCC[C@@H](N)C2)nc2c1c(=O)n(Cc1cc3ccccc3cc1C#N)c(=O)n2C. The molecule has 5 rings (SSSR count). The minimum atomic E-state index is -0.488. The van der Waals surface area contributed by atoms with Crippen molar-refractivity contribution in [2.75, 3.05) is 18.0 Å². The van der Waals surface area contributed by atoms with E-state index in [1.807, 2.05) is 30.3 Å². The number of nitriles is 1. The molecule has 2 N–H and O–H groups in total. The maximum absolute atomic E-state index is 13.8. The normalized spacial score (nSPS) is 15.6. The molecule has 0 aliphatic carbocycles. The van der Waals surface area contributed by atoms with Crippen molar-refractivity contribution in [2.24, 2.45) is 12.8 Å². The molecule has 0 amide bonds. The first-order chi connectivity index (χ1) is 17.4. The van der Waals surface area contributed by atoms with Crippen molar-refractivity contribution in [1.29, 1.82) is 5.26 Å². The lowest BCUT2D eigenvalue weighted by atomic mass is 10.0. The van der Waals surface area contributed by atoms with Gasteiger partial charge in [-0.2, -0.15) is 10.2 Å². The van der Waals surface area contributed by atoms with Crippen LogP contribution in [0.3, 0.4) is 0 Å². The summed E-state index contributed by atoms with van der Waals surface area (Å²) in [6.07, 6.45) is 1.86. The van der Waals surface area contributed by atoms with Gasteiger partial charge in [0.25, 0.3) is 5.56 Å². The highest BCUT2D eigenvalue weighted by Gasteiger charge is 2.26. The third-order valence-electron chi connectivity index (χ3n) is 6.79. The second-order valence-electron chi connectivity index (χ2n) is 9.15. The van der Waals surface area contributed by atoms with Gasteiger partial charge < -0.3 is 10.6 Å². The van der Waals surface area contributed by atoms with Gasteiger partial charge in [0.1, 0.15) is 0 Å². The van der Waals surface area contributed by atoms with E-state index in [2.05, 4.69) is 22.8 Å². The zero-order valence-electron chi connectivity index (χ0n) is 20.4. The number of anilines is 1. The van der Waals surface area contributed by atoms with Gasteiger partial charge in [-0.3, -0.25) is 18.5 Å². The Bertz CT molecular complexity index is 1710. The molecule has 9 nitrogen and oxygen atoms in total. The van der Waals surface area contributed by atoms with Gasteiger partial charge in [-0.15, -0.1) is 5.92 Å². The van der Waals surface area contributed by atoms with Crippen molar-refractivity contribution in [3.63, 3.8) is 0 Å². The molecule has 0 unspecified atom stereocenters. The molecule has 0 spiro atoms. The third-order valence-corrected chi connectivity index (χ3v) is 6.79. The molecule has 36 heavy (non-hydrogen) atoms. The summed E-state index contributed by atoms with van der Waals surface area (Å²) in [5, 5.41) is 11.6. The van der Waals surface area contributed by atoms with Crippen molar-refractivity contribution < 1.29 is 0 Å². The van der Waals surface area contributed by atoms with Gasteiger partial charge in [-0.25, -0.2) is 4.79 Å². The van der Waals surface area contributed by atoms with E-state index in [0.717, 1.165) is 30.2 Å². The molecule has 0 saturated carbocycles. The first kappa shape index (κ1) is 23.4. The van der Waals surface area contributed by atoms with E-state index in [1.165, 1.54) is 9.13 Å². The summed E-state index contributed by atoms with van der Waals surface area (Å²) in [5.41, 5.74) is 6.93. The van der Waals surface area contributed by atoms with E-state index in [4.69, 9.17) is 10.7 Å². The van der Waals surface area contributed by atoms with Gasteiger partial charge in [0, 0.05) is 26.2 Å². The number of aryl methyl sites for hydroxylation is 1. The van der Waals surface area contributed by atoms with Gasteiger partial charge in [0.05, 0.1) is 24.7 Å². The van der Waals surface area contributed by atoms with E-state index in [-0.39, 0.29) is 19.1 Å². The molecule has 3 heterocycles. The monoisotopic (exact) mass is 481 g/mol. The Labute approximate surface area is 208 Å². The Kier molecular flexibility index (Phi) is 6.09. The molecule has 0 radical (unpaired) electrons. The molecule has 2 aromatic heterocycles. The lowest BCUT2D eigenvalue weighted by molar-refractivity contribution is 0.496. The maximum atomic E-state index is 13.8. The molecule has 1 aliphatic rings. The largest absolute Gasteiger partial charge is 0.341 e. The standard InChI is InChI=1S/C27H27N7O2/c1-3-4-12-33-23-24(30-26(33)32-11-7-10-22(29)17-32)31(2)27(36)34(25(23)35)16-21-14-19-9-6-5-8-18(19)13-20(21)15-28/h5-6,8-9,13-14,22H,7,10-12,16-17,29H2,1-2H3/t22-/m1/s1. The first-order valence-electron chi connectivity index (χ1n) is 11.9. The van der Waals surface area contributed by atoms with Crippen molar-refractivity contribution in [1.82, 2.24) is 18.7 Å². The highest BCUT2D eigenvalue weighted by molar-refractivity contribution is 5.85. The van der Waals surface area contributed by atoms with Gasteiger partial charge in [0.2, 0.25) is 5.95 Å². The van der Waals surface area contributed by atoms with Crippen LogP contribution in [0.5, 0.6) is 0 Å². The van der Waals surface area contributed by atoms with E-state index >= 15 is 0 Å². The fourth-order valence-electron chi connectivity index (χ4n) is 4.93. The Morgan fingerprint density at radius 3 is 2.61 bits per heavy atom. The number of rotatable bonds is 4. The summed E-state index contributed by atoms with van der Waals surface area (Å²) in [5.74, 6) is 6.52. The zero-order chi connectivity index (χ0) is 25.4. The van der Waals surface area contributed by atoms with Crippen LogP contribution in [0.25, 0.3) is 21.9 Å². The topological polar surface area (TPSA) is 115 Å². The lowest BCUT2D eigenvalue weighted by Gasteiger charge is -2.31. The number of aromatic nitrogens is 4. The maximum Gasteiger partial charge on any atom is 0.332 e. The van der Waals surface area contributed by atoms with Crippen molar-refractivity contribution in [3.05, 3.63) is 68.4 Å². The smallest absolute Gasteiger partial charge is 0.332 e. The summed E-state index contributed by atoms with van der Waals surface area (Å²) in [6.45, 7) is 3.37. The number of nitrogens with two attached hydrogens (primary N) is 1. The number of hydrogen-bond donors (Lipinski definition) is 1. The average Bonchev–Trinajstić information content (AvgIpc) is 3.28. The minimum Gasteiger partial charge on any atom is -0.341 e. The summed E-state index contributed by atoms with van der Waals surface area (Å²) in [6, 6.07) is 13.6. The second kappa shape index (κ2) is 9.37. The quantitative estimate of drug-likeness (QED) is 0.446. The van der Waals surface area contributed by atoms with Crippen LogP contribution >= 0.6 is 0 Å². The van der Waals surface area contributed by atoms with Crippen LogP contribution < -0.4 is 21.9 Å². The van der Waals surface area contributed by atoms with Crippen molar-refractivity contribution in [3.8, 4) is 17.9 Å². The summed E-state index contributed by atoms with van der Waals surface area (Å²) >= 11 is 0. The van der Waals surface area contributed by atoms with Crippen LogP contribution in [0.4, 0.5) is 5.95 Å². The zero-order valence-corrected chi connectivity index (χ0v) is 20.4. The average molecular weight is 482 g/mol. The van der Waals surface area contributed by atoms with E-state index in [1.54, 1.807) is 24.6 Å². The third kappa shape index (κ3) is 3.94. The first-order valence-corrected chi connectivity index (χ1v) is 11.9. The summed E-state index contributed by atoms with van der Waals surface area (Å²) < 4.78 is 4.36. The molecule has 182 valence electrons. The molecule has 1 saturated heterocycles. The van der Waals surface area contributed by atoms with Crippen LogP contribution in [0.2, 0.25) is 0 Å². The van der Waals surface area contributed by atoms with Crippen molar-refractivity contribution >= 4 is 27.9 Å². The van der Waals surface area contributed by atoms with Crippen molar-refractivity contribution in [2.45, 2.75) is 38.9 Å². The molecular weight excluding hydrogens is 454 g/mol. The Morgan fingerprint density at radius 1 is 1.17 bits per heavy atom. The lowest BCUT2D eigenvalue weighted by Crippen LogP contribution is -2.44. The highest BCUT2D eigenvalue weighted by atomic mass is 16.2. The molecule has 2 aromatic carbocycles. The van der Waals surface area contributed by atoms with Crippen LogP contribution in [-0.4, -0.2) is 37.8 Å². The van der Waals surface area contributed by atoms with Gasteiger partial charge >= 0.3 is 5.69 Å². The Hall–Kier alpha value is -4.34. The summed E-state index contributed by atoms with van der Waals surface area (Å²) in [4.78, 5) is 34.0. The Balaban J connectivity index is 1.71.